The lowest BCUT2D eigenvalue weighted by molar-refractivity contribution is 0.613. The highest BCUT2D eigenvalue weighted by Gasteiger charge is 1.98. The molecule has 0 amide bonds. The molecule has 0 unspecified atom stereocenters. The van der Waals surface area contributed by atoms with Crippen LogP contribution in [0, 0.1) is 12.7 Å². The van der Waals surface area contributed by atoms with E-state index in [1.165, 1.54) is 0 Å². The molecule has 1 nitrogen and oxygen atoms in total. The molecule has 3 heteroatoms. The molecule has 0 atom stereocenters. The van der Waals surface area contributed by atoms with Crippen molar-refractivity contribution in [2.45, 2.75) is 13.5 Å². The third-order valence-corrected chi connectivity index (χ3v) is 2.66. The van der Waals surface area contributed by atoms with Crippen LogP contribution in [0.1, 0.15) is 11.1 Å². The van der Waals surface area contributed by atoms with Gasteiger partial charge in [-0.25, -0.2) is 4.39 Å². The van der Waals surface area contributed by atoms with Gasteiger partial charge >= 0.3 is 0 Å². The van der Waals surface area contributed by atoms with Crippen LogP contribution in [0.25, 0.3) is 0 Å². The Hall–Kier alpha value is -0.540. The fraction of sp³-hybridized carbons (Fsp3) is 0.455. The summed E-state index contributed by atoms with van der Waals surface area (Å²) in [7, 11) is 0. The van der Waals surface area contributed by atoms with E-state index in [0.29, 0.717) is 5.56 Å². The molecule has 0 spiro atoms. The van der Waals surface area contributed by atoms with Gasteiger partial charge in [-0.1, -0.05) is 12.1 Å². The van der Waals surface area contributed by atoms with Gasteiger partial charge in [0.15, 0.2) is 0 Å². The first-order valence-corrected chi connectivity index (χ1v) is 6.08. The maximum absolute atomic E-state index is 13.1. The Morgan fingerprint density at radius 1 is 1.43 bits per heavy atom. The summed E-state index contributed by atoms with van der Waals surface area (Å²) in [6, 6.07) is 5.38. The minimum atomic E-state index is -0.117. The van der Waals surface area contributed by atoms with Crippen LogP contribution in [0.2, 0.25) is 0 Å². The van der Waals surface area contributed by atoms with Gasteiger partial charge in [-0.15, -0.1) is 0 Å². The number of nitrogens with one attached hydrogen (secondary N) is 1. The first kappa shape index (κ1) is 11.5. The zero-order chi connectivity index (χ0) is 10.4. The smallest absolute Gasteiger partial charge is 0.126 e. The highest BCUT2D eigenvalue weighted by atomic mass is 32.2. The third-order valence-electron chi connectivity index (χ3n) is 2.05. The molecule has 0 fully saturated rings. The Morgan fingerprint density at radius 2 is 2.21 bits per heavy atom. The number of benzene rings is 1. The summed E-state index contributed by atoms with van der Waals surface area (Å²) >= 11 is 1.81. The van der Waals surface area contributed by atoms with Gasteiger partial charge in [0.1, 0.15) is 5.82 Å². The Bertz CT molecular complexity index is 289. The van der Waals surface area contributed by atoms with Crippen LogP contribution < -0.4 is 5.32 Å². The zero-order valence-corrected chi connectivity index (χ0v) is 9.46. The predicted octanol–water partition coefficient (Wildman–Crippen LogP) is 2.59. The maximum atomic E-state index is 13.1. The van der Waals surface area contributed by atoms with Crippen LogP contribution in [0.5, 0.6) is 0 Å². The van der Waals surface area contributed by atoms with Gasteiger partial charge in [0.25, 0.3) is 0 Å². The van der Waals surface area contributed by atoms with Crippen LogP contribution in [0.4, 0.5) is 4.39 Å². The van der Waals surface area contributed by atoms with Gasteiger partial charge < -0.3 is 5.32 Å². The zero-order valence-electron chi connectivity index (χ0n) is 8.64. The summed E-state index contributed by atoms with van der Waals surface area (Å²) in [5, 5.41) is 3.26. The van der Waals surface area contributed by atoms with E-state index in [2.05, 4.69) is 11.6 Å². The van der Waals surface area contributed by atoms with E-state index < -0.39 is 0 Å². The van der Waals surface area contributed by atoms with Crippen molar-refractivity contribution in [3.8, 4) is 0 Å². The van der Waals surface area contributed by atoms with Gasteiger partial charge in [0.2, 0.25) is 0 Å². The lowest BCUT2D eigenvalue weighted by Gasteiger charge is -2.04. The molecule has 0 aliphatic carbocycles. The van der Waals surface area contributed by atoms with Crippen molar-refractivity contribution in [2.24, 2.45) is 0 Å². The molecule has 78 valence electrons. The van der Waals surface area contributed by atoms with Crippen LogP contribution in [-0.2, 0) is 6.54 Å². The molecule has 1 aromatic carbocycles. The van der Waals surface area contributed by atoms with Crippen molar-refractivity contribution in [3.05, 3.63) is 35.1 Å². The second-order valence-electron chi connectivity index (χ2n) is 3.25. The molecule has 0 bridgehead atoms. The van der Waals surface area contributed by atoms with Gasteiger partial charge in [-0.05, 0) is 30.4 Å². The quantitative estimate of drug-likeness (QED) is 0.754. The summed E-state index contributed by atoms with van der Waals surface area (Å²) in [4.78, 5) is 0. The van der Waals surface area contributed by atoms with Crippen LogP contribution in [0.3, 0.4) is 0 Å². The molecular formula is C11H16FNS. The number of hydrogen-bond donors (Lipinski definition) is 1. The van der Waals surface area contributed by atoms with E-state index in [1.54, 1.807) is 24.8 Å². The monoisotopic (exact) mass is 213 g/mol. The number of rotatable bonds is 5. The van der Waals surface area contributed by atoms with Crippen molar-refractivity contribution in [1.29, 1.82) is 0 Å². The van der Waals surface area contributed by atoms with Crippen molar-refractivity contribution >= 4 is 11.8 Å². The average molecular weight is 213 g/mol. The molecule has 14 heavy (non-hydrogen) atoms. The van der Waals surface area contributed by atoms with Crippen LogP contribution >= 0.6 is 11.8 Å². The van der Waals surface area contributed by atoms with Crippen molar-refractivity contribution in [3.63, 3.8) is 0 Å². The molecule has 0 aliphatic heterocycles. The Balaban J connectivity index is 2.39. The van der Waals surface area contributed by atoms with E-state index >= 15 is 0 Å². The average Bonchev–Trinajstić information content (AvgIpc) is 2.18. The van der Waals surface area contributed by atoms with Gasteiger partial charge in [0.05, 0.1) is 0 Å². The number of halogens is 1. The van der Waals surface area contributed by atoms with Crippen LogP contribution in [0.15, 0.2) is 18.2 Å². The Morgan fingerprint density at radius 3 is 2.86 bits per heavy atom. The minimum Gasteiger partial charge on any atom is -0.312 e. The first-order valence-electron chi connectivity index (χ1n) is 4.68. The highest BCUT2D eigenvalue weighted by molar-refractivity contribution is 7.98. The lowest BCUT2D eigenvalue weighted by Crippen LogP contribution is -2.16. The fourth-order valence-electron chi connectivity index (χ4n) is 1.15. The van der Waals surface area contributed by atoms with Crippen LogP contribution in [-0.4, -0.2) is 18.6 Å². The van der Waals surface area contributed by atoms with E-state index in [1.807, 2.05) is 12.1 Å². The van der Waals surface area contributed by atoms with E-state index in [-0.39, 0.29) is 5.82 Å². The molecule has 1 rings (SSSR count). The summed E-state index contributed by atoms with van der Waals surface area (Å²) in [5.74, 6) is 0.975. The second kappa shape index (κ2) is 6.04. The molecule has 0 saturated heterocycles. The molecule has 1 aromatic rings. The first-order chi connectivity index (χ1) is 6.74. The van der Waals surface area contributed by atoms with Gasteiger partial charge in [-0.2, -0.15) is 11.8 Å². The normalized spacial score (nSPS) is 10.5. The Kier molecular flexibility index (Phi) is 4.98. The lowest BCUT2D eigenvalue weighted by atomic mass is 10.1. The summed E-state index contributed by atoms with van der Waals surface area (Å²) in [5.41, 5.74) is 1.71. The molecule has 1 N–H and O–H groups in total. The number of aryl methyl sites for hydroxylation is 1. The molecule has 0 aliphatic rings. The molecule has 0 aromatic heterocycles. The summed E-state index contributed by atoms with van der Waals surface area (Å²) < 4.78 is 13.1. The van der Waals surface area contributed by atoms with Gasteiger partial charge in [-0.3, -0.25) is 0 Å². The molecule has 0 heterocycles. The largest absolute Gasteiger partial charge is 0.312 e. The van der Waals surface area contributed by atoms with Crippen molar-refractivity contribution in [2.75, 3.05) is 18.6 Å². The highest BCUT2D eigenvalue weighted by Crippen LogP contribution is 2.08. The van der Waals surface area contributed by atoms with E-state index in [9.17, 15) is 4.39 Å². The van der Waals surface area contributed by atoms with E-state index in [0.717, 1.165) is 24.4 Å². The van der Waals surface area contributed by atoms with Gasteiger partial charge in [0, 0.05) is 18.8 Å². The standard InChI is InChI=1S/C11H16FNS/c1-9-3-4-10(7-11(9)12)8-13-5-6-14-2/h3-4,7,13H,5-6,8H2,1-2H3. The molecule has 0 radical (unpaired) electrons. The summed E-state index contributed by atoms with van der Waals surface area (Å²) in [6.45, 7) is 3.49. The minimum absolute atomic E-state index is 0.117. The SMILES string of the molecule is CSCCNCc1ccc(C)c(F)c1. The van der Waals surface area contributed by atoms with E-state index in [4.69, 9.17) is 0 Å². The number of hydrogen-bond acceptors (Lipinski definition) is 2. The maximum Gasteiger partial charge on any atom is 0.126 e. The molecular weight excluding hydrogens is 197 g/mol. The summed E-state index contributed by atoms with van der Waals surface area (Å²) in [6.07, 6.45) is 2.08. The fourth-order valence-corrected chi connectivity index (χ4v) is 1.50. The molecule has 0 saturated carbocycles. The predicted molar refractivity (Wildman–Crippen MR) is 61.2 cm³/mol. The van der Waals surface area contributed by atoms with Crippen molar-refractivity contribution < 1.29 is 4.39 Å². The number of thioether (sulfide) groups is 1. The third kappa shape index (κ3) is 3.68. The topological polar surface area (TPSA) is 12.0 Å². The van der Waals surface area contributed by atoms with Crippen molar-refractivity contribution in [1.82, 2.24) is 5.32 Å². The Labute approximate surface area is 89.1 Å². The second-order valence-corrected chi connectivity index (χ2v) is 4.24.